The van der Waals surface area contributed by atoms with Crippen LogP contribution in [0.1, 0.15) is 12.5 Å². The van der Waals surface area contributed by atoms with Gasteiger partial charge in [0.2, 0.25) is 5.95 Å². The van der Waals surface area contributed by atoms with E-state index in [9.17, 15) is 4.79 Å². The number of rotatable bonds is 6. The molecule has 27 heavy (non-hydrogen) atoms. The van der Waals surface area contributed by atoms with Gasteiger partial charge in [0.1, 0.15) is 0 Å². The van der Waals surface area contributed by atoms with Crippen LogP contribution in [-0.4, -0.2) is 20.8 Å². The SMILES string of the molecule is CCn1c(NC(=O)Nc2cccc(Cl)c2)nnc1SCc1ccccc1Cl. The van der Waals surface area contributed by atoms with Crippen LogP contribution >= 0.6 is 35.0 Å². The summed E-state index contributed by atoms with van der Waals surface area (Å²) in [5.74, 6) is 1.03. The summed E-state index contributed by atoms with van der Waals surface area (Å²) in [5.41, 5.74) is 1.61. The zero-order valence-corrected chi connectivity index (χ0v) is 16.8. The first-order valence-corrected chi connectivity index (χ1v) is 9.94. The van der Waals surface area contributed by atoms with Crippen molar-refractivity contribution >= 4 is 52.6 Å². The van der Waals surface area contributed by atoms with Crippen LogP contribution in [-0.2, 0) is 12.3 Å². The van der Waals surface area contributed by atoms with Gasteiger partial charge < -0.3 is 5.32 Å². The summed E-state index contributed by atoms with van der Waals surface area (Å²) in [5, 5.41) is 15.7. The molecular formula is C18H17Cl2N5OS. The van der Waals surface area contributed by atoms with Gasteiger partial charge in [-0.25, -0.2) is 4.79 Å². The van der Waals surface area contributed by atoms with Gasteiger partial charge in [-0.1, -0.05) is 59.2 Å². The summed E-state index contributed by atoms with van der Waals surface area (Å²) >= 11 is 13.6. The van der Waals surface area contributed by atoms with Gasteiger partial charge in [-0.15, -0.1) is 10.2 Å². The second-order valence-corrected chi connectivity index (χ2v) is 7.31. The molecule has 0 radical (unpaired) electrons. The number of thioether (sulfide) groups is 1. The molecule has 9 heteroatoms. The van der Waals surface area contributed by atoms with E-state index < -0.39 is 6.03 Å². The highest BCUT2D eigenvalue weighted by atomic mass is 35.5. The number of anilines is 2. The lowest BCUT2D eigenvalue weighted by Gasteiger charge is -2.10. The third kappa shape index (κ3) is 5.15. The molecule has 0 atom stereocenters. The molecule has 0 fully saturated rings. The maximum Gasteiger partial charge on any atom is 0.326 e. The molecule has 0 saturated carbocycles. The molecule has 1 heterocycles. The molecule has 140 valence electrons. The fraction of sp³-hybridized carbons (Fsp3) is 0.167. The van der Waals surface area contributed by atoms with Gasteiger partial charge in [0.15, 0.2) is 5.16 Å². The average Bonchev–Trinajstić information content (AvgIpc) is 3.02. The van der Waals surface area contributed by atoms with E-state index in [0.29, 0.717) is 39.1 Å². The minimum atomic E-state index is -0.415. The molecule has 0 saturated heterocycles. The normalized spacial score (nSPS) is 10.6. The molecule has 2 amide bonds. The molecule has 0 unspecified atom stereocenters. The zero-order chi connectivity index (χ0) is 19.2. The lowest BCUT2D eigenvalue weighted by atomic mass is 10.2. The molecule has 0 spiro atoms. The minimum absolute atomic E-state index is 0.374. The Labute approximate surface area is 171 Å². The topological polar surface area (TPSA) is 71.8 Å². The summed E-state index contributed by atoms with van der Waals surface area (Å²) in [4.78, 5) is 12.2. The monoisotopic (exact) mass is 421 g/mol. The lowest BCUT2D eigenvalue weighted by Crippen LogP contribution is -2.22. The van der Waals surface area contributed by atoms with E-state index >= 15 is 0 Å². The van der Waals surface area contributed by atoms with E-state index in [4.69, 9.17) is 23.2 Å². The summed E-state index contributed by atoms with van der Waals surface area (Å²) < 4.78 is 1.83. The van der Waals surface area contributed by atoms with E-state index in [2.05, 4.69) is 20.8 Å². The Morgan fingerprint density at radius 3 is 2.67 bits per heavy atom. The van der Waals surface area contributed by atoms with E-state index in [-0.39, 0.29) is 0 Å². The summed E-state index contributed by atoms with van der Waals surface area (Å²) in [6.07, 6.45) is 0. The van der Waals surface area contributed by atoms with Crippen molar-refractivity contribution in [2.75, 3.05) is 10.6 Å². The fourth-order valence-electron chi connectivity index (χ4n) is 2.36. The van der Waals surface area contributed by atoms with E-state index in [1.165, 1.54) is 11.8 Å². The summed E-state index contributed by atoms with van der Waals surface area (Å²) in [6, 6.07) is 14.2. The first-order chi connectivity index (χ1) is 13.1. The molecule has 2 aromatic carbocycles. The second-order valence-electron chi connectivity index (χ2n) is 5.52. The van der Waals surface area contributed by atoms with Gasteiger partial charge in [-0.05, 0) is 36.8 Å². The van der Waals surface area contributed by atoms with Crippen molar-refractivity contribution in [2.24, 2.45) is 0 Å². The second kappa shape index (κ2) is 9.12. The van der Waals surface area contributed by atoms with Crippen LogP contribution in [0, 0.1) is 0 Å². The van der Waals surface area contributed by atoms with Crippen molar-refractivity contribution in [1.82, 2.24) is 14.8 Å². The Morgan fingerprint density at radius 1 is 1.11 bits per heavy atom. The molecule has 0 aliphatic rings. The number of nitrogens with one attached hydrogen (secondary N) is 2. The van der Waals surface area contributed by atoms with Gasteiger partial charge in [0.25, 0.3) is 0 Å². The van der Waals surface area contributed by atoms with Crippen LogP contribution in [0.15, 0.2) is 53.7 Å². The van der Waals surface area contributed by atoms with Crippen LogP contribution < -0.4 is 10.6 Å². The fourth-order valence-corrected chi connectivity index (χ4v) is 3.84. The highest BCUT2D eigenvalue weighted by Gasteiger charge is 2.14. The number of urea groups is 1. The van der Waals surface area contributed by atoms with Gasteiger partial charge in [-0.2, -0.15) is 0 Å². The van der Waals surface area contributed by atoms with E-state index in [0.717, 1.165) is 5.56 Å². The summed E-state index contributed by atoms with van der Waals surface area (Å²) in [6.45, 7) is 2.58. The Hall–Kier alpha value is -2.22. The van der Waals surface area contributed by atoms with Gasteiger partial charge in [-0.3, -0.25) is 9.88 Å². The predicted octanol–water partition coefficient (Wildman–Crippen LogP) is 5.54. The maximum atomic E-state index is 12.2. The number of aromatic nitrogens is 3. The molecule has 3 rings (SSSR count). The number of amides is 2. The van der Waals surface area contributed by atoms with Crippen LogP contribution in [0.3, 0.4) is 0 Å². The molecular weight excluding hydrogens is 405 g/mol. The standard InChI is InChI=1S/C18H17Cl2N5OS/c1-2-25-16(22-17(26)21-14-8-5-7-13(19)10-14)23-24-18(25)27-11-12-6-3-4-9-15(12)20/h3-10H,2,11H2,1H3,(H2,21,22,23,26). The molecule has 2 N–H and O–H groups in total. The van der Waals surface area contributed by atoms with E-state index in [1.807, 2.05) is 35.8 Å². The number of hydrogen-bond donors (Lipinski definition) is 2. The van der Waals surface area contributed by atoms with Crippen LogP contribution in [0.25, 0.3) is 0 Å². The van der Waals surface area contributed by atoms with Gasteiger partial charge in [0, 0.05) is 28.0 Å². The van der Waals surface area contributed by atoms with Crippen molar-refractivity contribution in [2.45, 2.75) is 24.4 Å². The number of halogens is 2. The number of nitrogens with zero attached hydrogens (tertiary/aromatic N) is 3. The Bertz CT molecular complexity index is 947. The Kier molecular flexibility index (Phi) is 6.60. The zero-order valence-electron chi connectivity index (χ0n) is 14.4. The minimum Gasteiger partial charge on any atom is -0.308 e. The van der Waals surface area contributed by atoms with Crippen LogP contribution in [0.4, 0.5) is 16.4 Å². The Balaban J connectivity index is 1.66. The highest BCUT2D eigenvalue weighted by molar-refractivity contribution is 7.98. The first-order valence-electron chi connectivity index (χ1n) is 8.19. The number of carbonyl (C=O) groups is 1. The van der Waals surface area contributed by atoms with Crippen molar-refractivity contribution in [3.05, 3.63) is 64.1 Å². The van der Waals surface area contributed by atoms with Crippen LogP contribution in [0.2, 0.25) is 10.0 Å². The quantitative estimate of drug-likeness (QED) is 0.512. The van der Waals surface area contributed by atoms with Crippen LogP contribution in [0.5, 0.6) is 0 Å². The van der Waals surface area contributed by atoms with Gasteiger partial charge in [0.05, 0.1) is 0 Å². The largest absolute Gasteiger partial charge is 0.326 e. The third-order valence-electron chi connectivity index (χ3n) is 3.66. The highest BCUT2D eigenvalue weighted by Crippen LogP contribution is 2.27. The van der Waals surface area contributed by atoms with Crippen molar-refractivity contribution in [3.8, 4) is 0 Å². The first kappa shape index (κ1) is 19.5. The smallest absolute Gasteiger partial charge is 0.308 e. The molecule has 3 aromatic rings. The summed E-state index contributed by atoms with van der Waals surface area (Å²) in [7, 11) is 0. The third-order valence-corrected chi connectivity index (χ3v) is 5.27. The Morgan fingerprint density at radius 2 is 1.93 bits per heavy atom. The number of hydrogen-bond acceptors (Lipinski definition) is 4. The maximum absolute atomic E-state index is 12.2. The van der Waals surface area contributed by atoms with Crippen molar-refractivity contribution < 1.29 is 4.79 Å². The van der Waals surface area contributed by atoms with Crippen molar-refractivity contribution in [1.29, 1.82) is 0 Å². The predicted molar refractivity (Wildman–Crippen MR) is 111 cm³/mol. The van der Waals surface area contributed by atoms with E-state index in [1.54, 1.807) is 24.3 Å². The lowest BCUT2D eigenvalue weighted by molar-refractivity contribution is 0.262. The van der Waals surface area contributed by atoms with Crippen molar-refractivity contribution in [3.63, 3.8) is 0 Å². The average molecular weight is 422 g/mol. The molecule has 1 aromatic heterocycles. The molecule has 0 bridgehead atoms. The number of carbonyl (C=O) groups excluding carboxylic acids is 1. The molecule has 0 aliphatic carbocycles. The number of benzene rings is 2. The van der Waals surface area contributed by atoms with Gasteiger partial charge >= 0.3 is 6.03 Å². The molecule has 0 aliphatic heterocycles. The molecule has 6 nitrogen and oxygen atoms in total.